The third kappa shape index (κ3) is 2.71. The second-order valence-electron chi connectivity index (χ2n) is 3.35. The summed E-state index contributed by atoms with van der Waals surface area (Å²) in [6.45, 7) is 4.11. The van der Waals surface area contributed by atoms with E-state index in [1.54, 1.807) is 11.3 Å². The van der Waals surface area contributed by atoms with E-state index >= 15 is 0 Å². The Morgan fingerprint density at radius 1 is 1.57 bits per heavy atom. The summed E-state index contributed by atoms with van der Waals surface area (Å²) in [6.07, 6.45) is 0. The molecule has 0 saturated heterocycles. The second-order valence-corrected chi connectivity index (χ2v) is 4.33. The van der Waals surface area contributed by atoms with Gasteiger partial charge in [0.05, 0.1) is 6.04 Å². The van der Waals surface area contributed by atoms with Crippen LogP contribution in [0.4, 0.5) is 4.79 Å². The van der Waals surface area contributed by atoms with Crippen LogP contribution < -0.4 is 16.6 Å². The minimum absolute atomic E-state index is 0.0264. The Labute approximate surface area is 87.5 Å². The van der Waals surface area contributed by atoms with Crippen molar-refractivity contribution >= 4 is 17.4 Å². The van der Waals surface area contributed by atoms with Crippen LogP contribution in [0.5, 0.6) is 0 Å². The van der Waals surface area contributed by atoms with Crippen LogP contribution in [0, 0.1) is 5.92 Å². The Hall–Kier alpha value is -1.07. The van der Waals surface area contributed by atoms with Gasteiger partial charge < -0.3 is 5.32 Å². The van der Waals surface area contributed by atoms with Gasteiger partial charge in [0.1, 0.15) is 0 Å². The number of hydrazine groups is 1. The lowest BCUT2D eigenvalue weighted by molar-refractivity contribution is 0.233. The summed E-state index contributed by atoms with van der Waals surface area (Å²) in [6, 6.07) is 3.65. The number of amides is 2. The van der Waals surface area contributed by atoms with Gasteiger partial charge in [-0.15, -0.1) is 11.3 Å². The number of hydrogen-bond donors (Lipinski definition) is 3. The van der Waals surface area contributed by atoms with Crippen molar-refractivity contribution in [3.05, 3.63) is 22.4 Å². The summed E-state index contributed by atoms with van der Waals surface area (Å²) in [4.78, 5) is 12.2. The molecule has 1 atom stereocenters. The molecular weight excluding hydrogens is 198 g/mol. The van der Waals surface area contributed by atoms with Gasteiger partial charge in [0.25, 0.3) is 0 Å². The zero-order valence-corrected chi connectivity index (χ0v) is 9.10. The highest BCUT2D eigenvalue weighted by Crippen LogP contribution is 2.25. The van der Waals surface area contributed by atoms with Gasteiger partial charge in [-0.3, -0.25) is 5.43 Å². The van der Waals surface area contributed by atoms with Crippen molar-refractivity contribution in [1.82, 2.24) is 10.7 Å². The van der Waals surface area contributed by atoms with Crippen LogP contribution in [0.25, 0.3) is 0 Å². The molecule has 0 radical (unpaired) electrons. The van der Waals surface area contributed by atoms with Gasteiger partial charge in [0, 0.05) is 4.88 Å². The van der Waals surface area contributed by atoms with Gasteiger partial charge in [0.15, 0.2) is 0 Å². The van der Waals surface area contributed by atoms with Crippen molar-refractivity contribution in [1.29, 1.82) is 0 Å². The summed E-state index contributed by atoms with van der Waals surface area (Å²) in [7, 11) is 0. The van der Waals surface area contributed by atoms with Gasteiger partial charge in [-0.25, -0.2) is 10.6 Å². The molecular formula is C9H15N3OS. The zero-order chi connectivity index (χ0) is 10.6. The molecule has 0 aliphatic heterocycles. The normalized spacial score (nSPS) is 12.6. The molecule has 5 heteroatoms. The van der Waals surface area contributed by atoms with E-state index in [4.69, 9.17) is 5.84 Å². The lowest BCUT2D eigenvalue weighted by Gasteiger charge is -2.20. The molecule has 0 aliphatic carbocycles. The third-order valence-corrected chi connectivity index (χ3v) is 2.89. The first-order valence-corrected chi connectivity index (χ1v) is 5.33. The average molecular weight is 213 g/mol. The molecule has 1 heterocycles. The van der Waals surface area contributed by atoms with Crippen molar-refractivity contribution in [2.24, 2.45) is 11.8 Å². The highest BCUT2D eigenvalue weighted by atomic mass is 32.1. The molecule has 2 amide bonds. The van der Waals surface area contributed by atoms with Crippen LogP contribution in [0.2, 0.25) is 0 Å². The number of carbonyl (C=O) groups is 1. The van der Waals surface area contributed by atoms with E-state index in [9.17, 15) is 4.79 Å². The summed E-state index contributed by atoms with van der Waals surface area (Å²) < 4.78 is 0. The molecule has 1 aromatic rings. The Kier molecular flexibility index (Phi) is 3.91. The highest BCUT2D eigenvalue weighted by Gasteiger charge is 2.18. The molecule has 4 nitrogen and oxygen atoms in total. The summed E-state index contributed by atoms with van der Waals surface area (Å²) in [5.74, 6) is 5.35. The average Bonchev–Trinajstić information content (AvgIpc) is 2.65. The topological polar surface area (TPSA) is 67.2 Å². The molecule has 4 N–H and O–H groups in total. The maximum absolute atomic E-state index is 11.1. The Bertz CT molecular complexity index is 284. The molecule has 1 rings (SSSR count). The van der Waals surface area contributed by atoms with E-state index < -0.39 is 0 Å². The fraction of sp³-hybridized carbons (Fsp3) is 0.444. The molecule has 0 aliphatic rings. The Morgan fingerprint density at radius 2 is 2.29 bits per heavy atom. The highest BCUT2D eigenvalue weighted by molar-refractivity contribution is 7.10. The fourth-order valence-corrected chi connectivity index (χ4v) is 2.17. The lowest BCUT2D eigenvalue weighted by Crippen LogP contribution is -2.42. The van der Waals surface area contributed by atoms with Crippen molar-refractivity contribution < 1.29 is 4.79 Å². The van der Waals surface area contributed by atoms with E-state index in [-0.39, 0.29) is 12.1 Å². The minimum Gasteiger partial charge on any atom is -0.329 e. The summed E-state index contributed by atoms with van der Waals surface area (Å²) in [5, 5.41) is 4.80. The van der Waals surface area contributed by atoms with Crippen molar-refractivity contribution in [3.63, 3.8) is 0 Å². The van der Waals surface area contributed by atoms with Crippen LogP contribution in [-0.4, -0.2) is 6.03 Å². The molecule has 0 aromatic carbocycles. The largest absolute Gasteiger partial charge is 0.329 e. The van der Waals surface area contributed by atoms with E-state index in [1.807, 2.05) is 17.5 Å². The smallest absolute Gasteiger partial charge is 0.329 e. The van der Waals surface area contributed by atoms with Gasteiger partial charge in [0.2, 0.25) is 0 Å². The molecule has 1 unspecified atom stereocenters. The quantitative estimate of drug-likeness (QED) is 0.406. The van der Waals surface area contributed by atoms with E-state index in [0.717, 1.165) is 4.88 Å². The number of urea groups is 1. The SMILES string of the molecule is CC(C)C(NC(=O)NN)c1cccs1. The second kappa shape index (κ2) is 4.97. The van der Waals surface area contributed by atoms with Gasteiger partial charge >= 0.3 is 6.03 Å². The third-order valence-electron chi connectivity index (χ3n) is 1.93. The van der Waals surface area contributed by atoms with Crippen molar-refractivity contribution in [2.75, 3.05) is 0 Å². The molecule has 14 heavy (non-hydrogen) atoms. The number of nitrogens with one attached hydrogen (secondary N) is 2. The zero-order valence-electron chi connectivity index (χ0n) is 8.28. The number of hydrogen-bond acceptors (Lipinski definition) is 3. The maximum Gasteiger partial charge on any atom is 0.329 e. The van der Waals surface area contributed by atoms with Gasteiger partial charge in [-0.2, -0.15) is 0 Å². The number of rotatable bonds is 3. The standard InChI is InChI=1S/C9H15N3OS/c1-6(2)8(11-9(13)12-10)7-4-3-5-14-7/h3-6,8H,10H2,1-2H3,(H2,11,12,13). The predicted molar refractivity (Wildman–Crippen MR) is 57.8 cm³/mol. The monoisotopic (exact) mass is 213 g/mol. The summed E-state index contributed by atoms with van der Waals surface area (Å²) in [5.41, 5.74) is 2.07. The van der Waals surface area contributed by atoms with E-state index in [2.05, 4.69) is 24.6 Å². The van der Waals surface area contributed by atoms with Crippen LogP contribution in [0.15, 0.2) is 17.5 Å². The van der Waals surface area contributed by atoms with E-state index in [1.165, 1.54) is 0 Å². The van der Waals surface area contributed by atoms with Crippen LogP contribution in [0.3, 0.4) is 0 Å². The maximum atomic E-state index is 11.1. The van der Waals surface area contributed by atoms with E-state index in [0.29, 0.717) is 5.92 Å². The minimum atomic E-state index is -0.350. The summed E-state index contributed by atoms with van der Waals surface area (Å²) >= 11 is 1.63. The van der Waals surface area contributed by atoms with Crippen LogP contribution in [-0.2, 0) is 0 Å². The Morgan fingerprint density at radius 3 is 2.71 bits per heavy atom. The van der Waals surface area contributed by atoms with Crippen molar-refractivity contribution in [3.8, 4) is 0 Å². The predicted octanol–water partition coefficient (Wildman–Crippen LogP) is 1.62. The lowest BCUT2D eigenvalue weighted by atomic mass is 10.0. The molecule has 1 aromatic heterocycles. The number of thiophene rings is 1. The molecule has 0 spiro atoms. The molecule has 78 valence electrons. The van der Waals surface area contributed by atoms with Crippen LogP contribution >= 0.6 is 11.3 Å². The molecule has 0 bridgehead atoms. The first kappa shape index (κ1) is 11.0. The fourth-order valence-electron chi connectivity index (χ4n) is 1.22. The van der Waals surface area contributed by atoms with Gasteiger partial charge in [-0.1, -0.05) is 19.9 Å². The number of carbonyl (C=O) groups excluding carboxylic acids is 1. The first-order valence-electron chi connectivity index (χ1n) is 4.45. The first-order chi connectivity index (χ1) is 6.65. The molecule has 0 saturated carbocycles. The van der Waals surface area contributed by atoms with Crippen LogP contribution in [0.1, 0.15) is 24.8 Å². The van der Waals surface area contributed by atoms with Crippen molar-refractivity contribution in [2.45, 2.75) is 19.9 Å². The van der Waals surface area contributed by atoms with Gasteiger partial charge in [-0.05, 0) is 17.4 Å². The molecule has 0 fully saturated rings. The number of nitrogens with two attached hydrogens (primary N) is 1. The Balaban J connectivity index is 2.70.